The lowest BCUT2D eigenvalue weighted by atomic mass is 10.2. The highest BCUT2D eigenvalue weighted by Gasteiger charge is 2.00. The molecule has 0 atom stereocenters. The summed E-state index contributed by atoms with van der Waals surface area (Å²) >= 11 is 0. The molecule has 0 bridgehead atoms. The molecule has 0 saturated carbocycles. The average molecular weight is 176 g/mol. The van der Waals surface area contributed by atoms with Gasteiger partial charge in [0, 0.05) is 10.5 Å². The SMILES string of the molecule is [N-]=[N+]=NCNC(=O)c1ccccc1. The number of carbonyl (C=O) groups is 1. The highest BCUT2D eigenvalue weighted by molar-refractivity contribution is 5.94. The maximum atomic E-state index is 11.2. The fraction of sp³-hybridized carbons (Fsp3) is 0.125. The minimum absolute atomic E-state index is 0.0236. The lowest BCUT2D eigenvalue weighted by Crippen LogP contribution is -2.22. The van der Waals surface area contributed by atoms with Crippen molar-refractivity contribution < 1.29 is 4.79 Å². The number of rotatable bonds is 3. The lowest BCUT2D eigenvalue weighted by molar-refractivity contribution is 0.0955. The number of benzene rings is 1. The summed E-state index contributed by atoms with van der Waals surface area (Å²) in [6.07, 6.45) is 0. The molecule has 0 aliphatic rings. The Morgan fingerprint density at radius 3 is 2.77 bits per heavy atom. The largest absolute Gasteiger partial charge is 0.346 e. The molecule has 0 spiro atoms. The third-order valence-electron chi connectivity index (χ3n) is 1.41. The molecule has 1 amide bonds. The Morgan fingerprint density at radius 1 is 1.46 bits per heavy atom. The monoisotopic (exact) mass is 176 g/mol. The third-order valence-corrected chi connectivity index (χ3v) is 1.41. The van der Waals surface area contributed by atoms with Crippen molar-refractivity contribution >= 4 is 5.91 Å². The zero-order chi connectivity index (χ0) is 9.52. The summed E-state index contributed by atoms with van der Waals surface area (Å²) in [6, 6.07) is 8.73. The minimum atomic E-state index is -0.243. The topological polar surface area (TPSA) is 77.9 Å². The molecule has 0 unspecified atom stereocenters. The number of nitrogens with one attached hydrogen (secondary N) is 1. The third kappa shape index (κ3) is 2.84. The molecule has 0 saturated heterocycles. The van der Waals surface area contributed by atoms with Crippen molar-refractivity contribution in [1.29, 1.82) is 0 Å². The van der Waals surface area contributed by atoms with Crippen LogP contribution in [0, 0.1) is 0 Å². The Bertz CT molecular complexity index is 329. The Morgan fingerprint density at radius 2 is 2.15 bits per heavy atom. The highest BCUT2D eigenvalue weighted by atomic mass is 16.1. The molecule has 13 heavy (non-hydrogen) atoms. The van der Waals surface area contributed by atoms with Crippen molar-refractivity contribution in [2.24, 2.45) is 5.11 Å². The van der Waals surface area contributed by atoms with E-state index in [1.165, 1.54) is 0 Å². The second kappa shape index (κ2) is 4.79. The second-order valence-corrected chi connectivity index (χ2v) is 2.26. The summed E-state index contributed by atoms with van der Waals surface area (Å²) in [5.41, 5.74) is 8.51. The summed E-state index contributed by atoms with van der Waals surface area (Å²) in [7, 11) is 0. The van der Waals surface area contributed by atoms with Gasteiger partial charge in [0.15, 0.2) is 0 Å². The summed E-state index contributed by atoms with van der Waals surface area (Å²) in [5.74, 6) is -0.243. The summed E-state index contributed by atoms with van der Waals surface area (Å²) in [5, 5.41) is 5.63. The van der Waals surface area contributed by atoms with Crippen LogP contribution in [0.4, 0.5) is 0 Å². The van der Waals surface area contributed by atoms with Gasteiger partial charge in [0.1, 0.15) is 0 Å². The van der Waals surface area contributed by atoms with Gasteiger partial charge in [-0.1, -0.05) is 23.3 Å². The molecule has 0 aliphatic heterocycles. The molecular formula is C8H8N4O. The molecule has 0 radical (unpaired) electrons. The molecule has 0 heterocycles. The maximum absolute atomic E-state index is 11.2. The summed E-state index contributed by atoms with van der Waals surface area (Å²) in [6.45, 7) is -0.0236. The van der Waals surface area contributed by atoms with Crippen LogP contribution < -0.4 is 5.32 Å². The van der Waals surface area contributed by atoms with Gasteiger partial charge in [-0.05, 0) is 17.7 Å². The van der Waals surface area contributed by atoms with E-state index in [1.807, 2.05) is 6.07 Å². The average Bonchev–Trinajstić information content (AvgIpc) is 2.19. The van der Waals surface area contributed by atoms with Crippen molar-refractivity contribution in [2.45, 2.75) is 0 Å². The van der Waals surface area contributed by atoms with Gasteiger partial charge < -0.3 is 5.32 Å². The first kappa shape index (κ1) is 9.09. The molecule has 0 aliphatic carbocycles. The molecule has 5 nitrogen and oxygen atoms in total. The van der Waals surface area contributed by atoms with Gasteiger partial charge in [-0.15, -0.1) is 0 Å². The molecule has 1 aromatic rings. The normalized spacial score (nSPS) is 8.62. The standard InChI is InChI=1S/C8H8N4O/c9-12-11-6-10-8(13)7-4-2-1-3-5-7/h1-5H,6H2,(H,10,13). The number of nitrogens with zero attached hydrogens (tertiary/aromatic N) is 3. The number of azide groups is 1. The van der Waals surface area contributed by atoms with Crippen molar-refractivity contribution in [3.63, 3.8) is 0 Å². The highest BCUT2D eigenvalue weighted by Crippen LogP contribution is 1.96. The fourth-order valence-electron chi connectivity index (χ4n) is 0.830. The number of hydrogen-bond donors (Lipinski definition) is 1. The number of amides is 1. The molecule has 1 aromatic carbocycles. The molecular weight excluding hydrogens is 168 g/mol. The first-order chi connectivity index (χ1) is 6.34. The molecule has 66 valence electrons. The molecule has 5 heteroatoms. The smallest absolute Gasteiger partial charge is 0.251 e. The van der Waals surface area contributed by atoms with Crippen LogP contribution >= 0.6 is 0 Å². The Balaban J connectivity index is 2.54. The summed E-state index contributed by atoms with van der Waals surface area (Å²) in [4.78, 5) is 13.7. The van der Waals surface area contributed by atoms with Gasteiger partial charge in [0.05, 0.1) is 6.67 Å². The van der Waals surface area contributed by atoms with Crippen molar-refractivity contribution in [3.05, 3.63) is 46.3 Å². The van der Waals surface area contributed by atoms with E-state index in [0.717, 1.165) is 0 Å². The molecule has 1 rings (SSSR count). The van der Waals surface area contributed by atoms with Crippen LogP contribution in [-0.2, 0) is 0 Å². The maximum Gasteiger partial charge on any atom is 0.251 e. The Kier molecular flexibility index (Phi) is 3.35. The first-order valence-corrected chi connectivity index (χ1v) is 3.68. The number of carbonyl (C=O) groups excluding carboxylic acids is 1. The van der Waals surface area contributed by atoms with Crippen molar-refractivity contribution in [1.82, 2.24) is 5.32 Å². The summed E-state index contributed by atoms with van der Waals surface area (Å²) < 4.78 is 0. The van der Waals surface area contributed by atoms with Gasteiger partial charge in [-0.25, -0.2) is 0 Å². The zero-order valence-electron chi connectivity index (χ0n) is 6.84. The lowest BCUT2D eigenvalue weighted by Gasteiger charge is -1.99. The first-order valence-electron chi connectivity index (χ1n) is 3.68. The van der Waals surface area contributed by atoms with E-state index in [-0.39, 0.29) is 12.6 Å². The van der Waals surface area contributed by atoms with Gasteiger partial charge >= 0.3 is 0 Å². The van der Waals surface area contributed by atoms with Crippen LogP contribution in [0.15, 0.2) is 35.4 Å². The quantitative estimate of drug-likeness (QED) is 0.424. The minimum Gasteiger partial charge on any atom is -0.346 e. The van der Waals surface area contributed by atoms with Crippen molar-refractivity contribution in [2.75, 3.05) is 6.67 Å². The van der Waals surface area contributed by atoms with E-state index < -0.39 is 0 Å². The van der Waals surface area contributed by atoms with Gasteiger partial charge in [-0.3, -0.25) is 4.79 Å². The Labute approximate surface area is 75.0 Å². The molecule has 0 aromatic heterocycles. The zero-order valence-corrected chi connectivity index (χ0v) is 6.84. The van der Waals surface area contributed by atoms with Gasteiger partial charge in [-0.2, -0.15) is 0 Å². The van der Waals surface area contributed by atoms with Gasteiger partial charge in [0.25, 0.3) is 5.91 Å². The van der Waals surface area contributed by atoms with Gasteiger partial charge in [0.2, 0.25) is 0 Å². The van der Waals surface area contributed by atoms with Crippen LogP contribution in [0.3, 0.4) is 0 Å². The molecule has 0 fully saturated rings. The van der Waals surface area contributed by atoms with E-state index >= 15 is 0 Å². The second-order valence-electron chi connectivity index (χ2n) is 2.26. The fourth-order valence-corrected chi connectivity index (χ4v) is 0.830. The predicted octanol–water partition coefficient (Wildman–Crippen LogP) is 1.68. The van der Waals surface area contributed by atoms with Crippen LogP contribution in [0.5, 0.6) is 0 Å². The Hall–Kier alpha value is -2.00. The number of hydrogen-bond acceptors (Lipinski definition) is 2. The van der Waals surface area contributed by atoms with Crippen molar-refractivity contribution in [3.8, 4) is 0 Å². The van der Waals surface area contributed by atoms with Crippen LogP contribution in [0.2, 0.25) is 0 Å². The van der Waals surface area contributed by atoms with E-state index in [4.69, 9.17) is 5.53 Å². The van der Waals surface area contributed by atoms with E-state index in [2.05, 4.69) is 15.3 Å². The molecule has 1 N–H and O–H groups in total. The van der Waals surface area contributed by atoms with E-state index in [1.54, 1.807) is 24.3 Å². The van der Waals surface area contributed by atoms with E-state index in [9.17, 15) is 4.79 Å². The van der Waals surface area contributed by atoms with Crippen LogP contribution in [0.1, 0.15) is 10.4 Å². The van der Waals surface area contributed by atoms with Crippen LogP contribution in [0.25, 0.3) is 10.4 Å². The predicted molar refractivity (Wildman–Crippen MR) is 47.9 cm³/mol. The van der Waals surface area contributed by atoms with E-state index in [0.29, 0.717) is 5.56 Å². The van der Waals surface area contributed by atoms with Crippen LogP contribution in [-0.4, -0.2) is 12.6 Å².